The molecule has 6 nitrogen and oxygen atoms in total. The van der Waals surface area contributed by atoms with Crippen molar-refractivity contribution >= 4 is 16.3 Å². The van der Waals surface area contributed by atoms with E-state index >= 15 is 0 Å². The molecule has 0 radical (unpaired) electrons. The monoisotopic (exact) mass is 338 g/mol. The van der Waals surface area contributed by atoms with E-state index in [0.29, 0.717) is 0 Å². The molecule has 0 aliphatic heterocycles. The number of hydrogen-bond acceptors (Lipinski definition) is 6. The molecule has 4 aliphatic rings. The Bertz CT molecular complexity index is 878. The van der Waals surface area contributed by atoms with Crippen LogP contribution in [0.5, 0.6) is 0 Å². The summed E-state index contributed by atoms with van der Waals surface area (Å²) >= 11 is 1.55. The van der Waals surface area contributed by atoms with Crippen LogP contribution in [0.25, 0.3) is 15.7 Å². The van der Waals surface area contributed by atoms with Crippen molar-refractivity contribution in [2.45, 2.75) is 43.9 Å². The zero-order valence-corrected chi connectivity index (χ0v) is 14.1. The summed E-state index contributed by atoms with van der Waals surface area (Å²) in [5.41, 5.74) is 1.02. The van der Waals surface area contributed by atoms with Gasteiger partial charge in [-0.1, -0.05) is 11.3 Å². The van der Waals surface area contributed by atoms with Crippen LogP contribution in [0.2, 0.25) is 0 Å². The van der Waals surface area contributed by atoms with Crippen molar-refractivity contribution < 1.29 is 0 Å². The molecule has 0 spiro atoms. The van der Waals surface area contributed by atoms with E-state index < -0.39 is 0 Å². The topological polar surface area (TPSA) is 68.9 Å². The highest BCUT2D eigenvalue weighted by Gasteiger charge is 2.54. The first-order chi connectivity index (χ1) is 11.8. The molecule has 3 aromatic rings. The predicted octanol–water partition coefficient (Wildman–Crippen LogP) is 3.11. The molecule has 4 bridgehead atoms. The fraction of sp³-hybridized carbons (Fsp3) is 0.588. The lowest BCUT2D eigenvalue weighted by atomic mass is 9.49. The van der Waals surface area contributed by atoms with Crippen LogP contribution in [0.15, 0.2) is 18.6 Å². The number of rotatable bonds is 2. The zero-order valence-electron chi connectivity index (χ0n) is 13.3. The summed E-state index contributed by atoms with van der Waals surface area (Å²) in [6.07, 6.45) is 13.3. The molecular weight excluding hydrogens is 320 g/mol. The molecule has 3 aromatic heterocycles. The van der Waals surface area contributed by atoms with Gasteiger partial charge in [0.05, 0.1) is 6.20 Å². The summed E-state index contributed by atoms with van der Waals surface area (Å²) in [7, 11) is 0. The number of nitrogens with zero attached hydrogens (tertiary/aromatic N) is 6. The van der Waals surface area contributed by atoms with Gasteiger partial charge in [-0.05, 0) is 56.3 Å². The van der Waals surface area contributed by atoms with Crippen LogP contribution in [-0.4, -0.2) is 29.8 Å². The lowest BCUT2D eigenvalue weighted by molar-refractivity contribution is -0.0103. The molecule has 0 aromatic carbocycles. The van der Waals surface area contributed by atoms with E-state index in [9.17, 15) is 0 Å². The van der Waals surface area contributed by atoms with Crippen molar-refractivity contribution in [1.82, 2.24) is 29.8 Å². The van der Waals surface area contributed by atoms with Crippen molar-refractivity contribution in [2.75, 3.05) is 0 Å². The van der Waals surface area contributed by atoms with Gasteiger partial charge in [0.25, 0.3) is 0 Å². The molecule has 3 heterocycles. The average Bonchev–Trinajstić information content (AvgIpc) is 3.14. The minimum Gasteiger partial charge on any atom is -0.261 e. The Morgan fingerprint density at radius 1 is 1.00 bits per heavy atom. The van der Waals surface area contributed by atoms with Gasteiger partial charge >= 0.3 is 0 Å². The van der Waals surface area contributed by atoms with Gasteiger partial charge in [0.15, 0.2) is 10.8 Å². The third-order valence-electron chi connectivity index (χ3n) is 6.29. The normalized spacial score (nSPS) is 34.2. The molecule has 24 heavy (non-hydrogen) atoms. The lowest BCUT2D eigenvalue weighted by Gasteiger charge is -2.55. The van der Waals surface area contributed by atoms with Crippen LogP contribution >= 0.6 is 11.3 Å². The van der Waals surface area contributed by atoms with Crippen LogP contribution in [0, 0.1) is 17.8 Å². The first-order valence-electron chi connectivity index (χ1n) is 8.78. The van der Waals surface area contributed by atoms with Gasteiger partial charge in [-0.15, -0.1) is 10.2 Å². The minimum atomic E-state index is 0.210. The standard InChI is InChI=1S/C17H18N6S/c1-2-19-13(9-18-1)14-22-23-15(20-21-16(23)24-14)17-6-10-3-11(7-17)5-12(4-10)8-17/h1-2,9-12H,3-8H2. The summed E-state index contributed by atoms with van der Waals surface area (Å²) in [6.45, 7) is 0. The van der Waals surface area contributed by atoms with Gasteiger partial charge < -0.3 is 0 Å². The van der Waals surface area contributed by atoms with E-state index in [1.165, 1.54) is 38.5 Å². The largest absolute Gasteiger partial charge is 0.261 e. The molecule has 0 atom stereocenters. The second-order valence-electron chi connectivity index (χ2n) is 7.91. The van der Waals surface area contributed by atoms with Crippen LogP contribution in [0.3, 0.4) is 0 Å². The molecule has 0 unspecified atom stereocenters. The molecule has 7 rings (SSSR count). The quantitative estimate of drug-likeness (QED) is 0.718. The average molecular weight is 338 g/mol. The highest BCUT2D eigenvalue weighted by atomic mass is 32.1. The fourth-order valence-electron chi connectivity index (χ4n) is 5.85. The van der Waals surface area contributed by atoms with E-state index in [2.05, 4.69) is 20.2 Å². The van der Waals surface area contributed by atoms with E-state index in [1.54, 1.807) is 29.9 Å². The zero-order chi connectivity index (χ0) is 15.7. The van der Waals surface area contributed by atoms with Gasteiger partial charge in [-0.2, -0.15) is 9.61 Å². The van der Waals surface area contributed by atoms with Crippen molar-refractivity contribution in [2.24, 2.45) is 17.8 Å². The summed E-state index contributed by atoms with van der Waals surface area (Å²) in [5.74, 6) is 3.77. The van der Waals surface area contributed by atoms with Crippen LogP contribution < -0.4 is 0 Å². The smallest absolute Gasteiger partial charge is 0.235 e. The number of aromatic nitrogens is 6. The van der Waals surface area contributed by atoms with E-state index in [4.69, 9.17) is 5.10 Å². The van der Waals surface area contributed by atoms with Crippen LogP contribution in [-0.2, 0) is 5.41 Å². The first-order valence-corrected chi connectivity index (χ1v) is 9.60. The highest BCUT2D eigenvalue weighted by molar-refractivity contribution is 7.19. The molecule has 4 fully saturated rings. The third kappa shape index (κ3) is 1.79. The third-order valence-corrected chi connectivity index (χ3v) is 7.21. The van der Waals surface area contributed by atoms with E-state index in [0.717, 1.165) is 39.2 Å². The predicted molar refractivity (Wildman–Crippen MR) is 89.5 cm³/mol. The summed E-state index contributed by atoms with van der Waals surface area (Å²) in [5, 5.41) is 14.7. The van der Waals surface area contributed by atoms with Crippen molar-refractivity contribution in [3.8, 4) is 10.7 Å². The minimum absolute atomic E-state index is 0.210. The maximum absolute atomic E-state index is 4.81. The Kier molecular flexibility index (Phi) is 2.57. The second-order valence-corrected chi connectivity index (χ2v) is 8.87. The Labute approximate surface area is 143 Å². The molecular formula is C17H18N6S. The lowest BCUT2D eigenvalue weighted by Crippen LogP contribution is -2.49. The highest BCUT2D eigenvalue weighted by Crippen LogP contribution is 2.60. The van der Waals surface area contributed by atoms with Gasteiger partial charge in [0, 0.05) is 17.8 Å². The summed E-state index contributed by atoms with van der Waals surface area (Å²) in [4.78, 5) is 9.40. The molecule has 0 amide bonds. The van der Waals surface area contributed by atoms with Gasteiger partial charge in [0.2, 0.25) is 4.96 Å². The van der Waals surface area contributed by atoms with Crippen LogP contribution in [0.1, 0.15) is 44.3 Å². The maximum Gasteiger partial charge on any atom is 0.235 e. The van der Waals surface area contributed by atoms with Gasteiger partial charge in [-0.3, -0.25) is 9.97 Å². The molecule has 0 saturated heterocycles. The van der Waals surface area contributed by atoms with Crippen molar-refractivity contribution in [3.05, 3.63) is 24.4 Å². The Morgan fingerprint density at radius 2 is 1.75 bits per heavy atom. The molecule has 4 aliphatic carbocycles. The van der Waals surface area contributed by atoms with Crippen molar-refractivity contribution in [3.63, 3.8) is 0 Å². The number of fused-ring (bicyclic) bond motifs is 1. The van der Waals surface area contributed by atoms with E-state index in [1.807, 2.05) is 4.52 Å². The molecule has 0 N–H and O–H groups in total. The summed E-state index contributed by atoms with van der Waals surface area (Å²) < 4.78 is 2.00. The van der Waals surface area contributed by atoms with Crippen molar-refractivity contribution in [1.29, 1.82) is 0 Å². The summed E-state index contributed by atoms with van der Waals surface area (Å²) in [6, 6.07) is 0. The molecule has 4 saturated carbocycles. The molecule has 7 heteroatoms. The maximum atomic E-state index is 4.81. The Morgan fingerprint density at radius 3 is 2.42 bits per heavy atom. The fourth-order valence-corrected chi connectivity index (χ4v) is 6.65. The molecule has 122 valence electrons. The van der Waals surface area contributed by atoms with E-state index in [-0.39, 0.29) is 5.41 Å². The number of hydrogen-bond donors (Lipinski definition) is 0. The Balaban J connectivity index is 1.48. The second kappa shape index (κ2) is 4.59. The van der Waals surface area contributed by atoms with Crippen LogP contribution in [0.4, 0.5) is 0 Å². The first kappa shape index (κ1) is 13.4. The Hall–Kier alpha value is -1.89. The van der Waals surface area contributed by atoms with Gasteiger partial charge in [-0.25, -0.2) is 0 Å². The SMILES string of the molecule is c1cnc(-c2nn3c(C45CC6CC(CC(C6)C4)C5)nnc3s2)cn1. The van der Waals surface area contributed by atoms with Gasteiger partial charge in [0.1, 0.15) is 5.69 Å².